The van der Waals surface area contributed by atoms with Crippen LogP contribution in [0.3, 0.4) is 0 Å². The lowest BCUT2D eigenvalue weighted by Crippen LogP contribution is -2.43. The van der Waals surface area contributed by atoms with Crippen LogP contribution < -0.4 is 5.32 Å². The van der Waals surface area contributed by atoms with Gasteiger partial charge in [-0.3, -0.25) is 9.79 Å². The Kier molecular flexibility index (Phi) is 4.65. The molecule has 0 aromatic heterocycles. The lowest BCUT2D eigenvalue weighted by Gasteiger charge is -2.47. The summed E-state index contributed by atoms with van der Waals surface area (Å²) in [5.74, 6) is 0.435. The largest absolute Gasteiger partial charge is 0.304 e. The molecule has 23 heavy (non-hydrogen) atoms. The van der Waals surface area contributed by atoms with Crippen LogP contribution in [0.2, 0.25) is 0 Å². The van der Waals surface area contributed by atoms with E-state index in [1.807, 2.05) is 6.92 Å². The van der Waals surface area contributed by atoms with Crippen LogP contribution in [0.15, 0.2) is 16.1 Å². The van der Waals surface area contributed by atoms with Crippen LogP contribution in [0.4, 0.5) is 0 Å². The second kappa shape index (κ2) is 6.27. The van der Waals surface area contributed by atoms with Crippen LogP contribution >= 0.6 is 11.8 Å². The predicted octanol–water partition coefficient (Wildman–Crippen LogP) is 4.82. The second-order valence-electron chi connectivity index (χ2n) is 7.98. The number of carbonyl (C=O) groups is 1. The molecular formula is C19H30N2OS. The van der Waals surface area contributed by atoms with Gasteiger partial charge in [0.2, 0.25) is 5.91 Å². The molecule has 1 saturated carbocycles. The van der Waals surface area contributed by atoms with Crippen molar-refractivity contribution in [2.75, 3.05) is 0 Å². The van der Waals surface area contributed by atoms with Crippen molar-refractivity contribution in [3.05, 3.63) is 11.1 Å². The summed E-state index contributed by atoms with van der Waals surface area (Å²) in [7, 11) is 0. The molecule has 0 spiro atoms. The van der Waals surface area contributed by atoms with Crippen LogP contribution in [0, 0.1) is 5.92 Å². The zero-order chi connectivity index (χ0) is 16.7. The standard InChI is InChI=1S/C19H30N2OS/c1-5-6-7-8-14-9-10-19(11-15(14)12-19)21-17-20-16(22)18(4,23-17)13(2)3/h13H,5-12H2,1-4H3,(H,20,21,22). The normalized spacial score (nSPS) is 30.8. The quantitative estimate of drug-likeness (QED) is 0.559. The summed E-state index contributed by atoms with van der Waals surface area (Å²) in [4.78, 5) is 17.3. The minimum atomic E-state index is -0.363. The molecule has 2 bridgehead atoms. The van der Waals surface area contributed by atoms with Crippen molar-refractivity contribution in [2.45, 2.75) is 89.3 Å². The van der Waals surface area contributed by atoms with Crippen LogP contribution in [-0.4, -0.2) is 21.4 Å². The van der Waals surface area contributed by atoms with Crippen molar-refractivity contribution in [1.82, 2.24) is 5.32 Å². The smallest absolute Gasteiger partial charge is 0.242 e. The number of unbranched alkanes of at least 4 members (excludes halogenated alkanes) is 2. The number of nitrogens with one attached hydrogen (secondary N) is 1. The first kappa shape index (κ1) is 17.1. The molecule has 1 aliphatic heterocycles. The van der Waals surface area contributed by atoms with E-state index in [1.54, 1.807) is 22.9 Å². The van der Waals surface area contributed by atoms with Gasteiger partial charge in [-0.25, -0.2) is 0 Å². The average Bonchev–Trinajstić information content (AvgIpc) is 2.75. The van der Waals surface area contributed by atoms with Crippen molar-refractivity contribution < 1.29 is 4.79 Å². The molecule has 1 saturated heterocycles. The van der Waals surface area contributed by atoms with Crippen LogP contribution in [0.25, 0.3) is 0 Å². The summed E-state index contributed by atoms with van der Waals surface area (Å²) in [6, 6.07) is 0. The van der Waals surface area contributed by atoms with Gasteiger partial charge in [0.25, 0.3) is 0 Å². The van der Waals surface area contributed by atoms with Crippen molar-refractivity contribution in [2.24, 2.45) is 10.9 Å². The number of amides is 1. The summed E-state index contributed by atoms with van der Waals surface area (Å²) in [5.41, 5.74) is 3.48. The van der Waals surface area contributed by atoms with E-state index in [-0.39, 0.29) is 16.2 Å². The first-order valence-corrected chi connectivity index (χ1v) is 10.0. The fourth-order valence-corrected chi connectivity index (χ4v) is 5.06. The lowest BCUT2D eigenvalue weighted by atomic mass is 9.62. The first-order chi connectivity index (χ1) is 10.9. The molecule has 1 N–H and O–H groups in total. The van der Waals surface area contributed by atoms with Gasteiger partial charge in [0.15, 0.2) is 5.17 Å². The maximum atomic E-state index is 12.3. The molecule has 2 fully saturated rings. The van der Waals surface area contributed by atoms with E-state index in [0.29, 0.717) is 5.92 Å². The lowest BCUT2D eigenvalue weighted by molar-refractivity contribution is -0.122. The SMILES string of the molecule is CCCCCC1=C2CC(N=C3NC(=O)C(C)(C(C)C)S3)(CC1)C2. The van der Waals surface area contributed by atoms with Crippen molar-refractivity contribution >= 4 is 22.8 Å². The van der Waals surface area contributed by atoms with Crippen molar-refractivity contribution in [3.63, 3.8) is 0 Å². The minimum Gasteiger partial charge on any atom is -0.304 e. The Morgan fingerprint density at radius 1 is 1.30 bits per heavy atom. The Labute approximate surface area is 144 Å². The number of aliphatic imine (C=N–C) groups is 1. The summed E-state index contributed by atoms with van der Waals surface area (Å²) in [5, 5.41) is 3.89. The summed E-state index contributed by atoms with van der Waals surface area (Å²) in [6.45, 7) is 8.53. The number of rotatable bonds is 6. The topological polar surface area (TPSA) is 41.5 Å². The first-order valence-electron chi connectivity index (χ1n) is 9.18. The molecule has 1 atom stereocenters. The molecule has 128 valence electrons. The van der Waals surface area contributed by atoms with Gasteiger partial charge in [0.05, 0.1) is 5.54 Å². The molecule has 4 aliphatic rings. The number of hydrogen-bond acceptors (Lipinski definition) is 3. The highest BCUT2D eigenvalue weighted by Crippen LogP contribution is 2.53. The number of fused-ring (bicyclic) bond motifs is 2. The molecule has 3 nitrogen and oxygen atoms in total. The third-order valence-corrected chi connectivity index (χ3v) is 7.45. The Morgan fingerprint density at radius 2 is 2.04 bits per heavy atom. The molecule has 0 aromatic rings. The number of carbonyl (C=O) groups excluding carboxylic acids is 1. The number of allylic oxidation sites excluding steroid dienone is 1. The Morgan fingerprint density at radius 3 is 2.57 bits per heavy atom. The summed E-state index contributed by atoms with van der Waals surface area (Å²) >= 11 is 1.64. The van der Waals surface area contributed by atoms with Crippen LogP contribution in [0.5, 0.6) is 0 Å². The number of nitrogens with zero attached hydrogens (tertiary/aromatic N) is 1. The number of amidine groups is 1. The van der Waals surface area contributed by atoms with E-state index in [9.17, 15) is 4.79 Å². The predicted molar refractivity (Wildman–Crippen MR) is 98.8 cm³/mol. The van der Waals surface area contributed by atoms with Crippen LogP contribution in [-0.2, 0) is 4.79 Å². The van der Waals surface area contributed by atoms with Gasteiger partial charge >= 0.3 is 0 Å². The average molecular weight is 335 g/mol. The molecule has 1 amide bonds. The van der Waals surface area contributed by atoms with Gasteiger partial charge in [-0.2, -0.15) is 0 Å². The third kappa shape index (κ3) is 3.11. The Hall–Kier alpha value is -0.770. The van der Waals surface area contributed by atoms with E-state index in [4.69, 9.17) is 4.99 Å². The molecule has 1 unspecified atom stereocenters. The summed E-state index contributed by atoms with van der Waals surface area (Å²) in [6.07, 6.45) is 9.93. The molecule has 1 heterocycles. The van der Waals surface area contributed by atoms with E-state index in [0.717, 1.165) is 24.4 Å². The van der Waals surface area contributed by atoms with Crippen molar-refractivity contribution in [3.8, 4) is 0 Å². The second-order valence-corrected chi connectivity index (χ2v) is 9.42. The zero-order valence-electron chi connectivity index (χ0n) is 15.0. The van der Waals surface area contributed by atoms with Gasteiger partial charge in [-0.15, -0.1) is 0 Å². The third-order valence-electron chi connectivity index (χ3n) is 5.98. The minimum absolute atomic E-state index is 0.0986. The number of thioether (sulfide) groups is 1. The number of hydrogen-bond donors (Lipinski definition) is 1. The van der Waals surface area contributed by atoms with Gasteiger partial charge in [-0.05, 0) is 51.4 Å². The van der Waals surface area contributed by atoms with Crippen molar-refractivity contribution in [1.29, 1.82) is 0 Å². The molecule has 0 aromatic carbocycles. The fourth-order valence-electron chi connectivity index (χ4n) is 3.90. The molecule has 4 rings (SSSR count). The highest BCUT2D eigenvalue weighted by Gasteiger charge is 2.49. The maximum Gasteiger partial charge on any atom is 0.242 e. The van der Waals surface area contributed by atoms with Crippen LogP contribution in [0.1, 0.15) is 79.1 Å². The molecule has 0 radical (unpaired) electrons. The van der Waals surface area contributed by atoms with Gasteiger partial charge in [-0.1, -0.05) is 56.5 Å². The maximum absolute atomic E-state index is 12.3. The van der Waals surface area contributed by atoms with Gasteiger partial charge in [0, 0.05) is 0 Å². The van der Waals surface area contributed by atoms with E-state index in [2.05, 4.69) is 26.1 Å². The highest BCUT2D eigenvalue weighted by molar-refractivity contribution is 8.16. The monoisotopic (exact) mass is 334 g/mol. The van der Waals surface area contributed by atoms with E-state index < -0.39 is 0 Å². The molecule has 4 heteroatoms. The van der Waals surface area contributed by atoms with E-state index in [1.165, 1.54) is 32.1 Å². The van der Waals surface area contributed by atoms with Gasteiger partial charge < -0.3 is 5.32 Å². The molecular weight excluding hydrogens is 304 g/mol. The zero-order valence-corrected chi connectivity index (χ0v) is 15.8. The fraction of sp³-hybridized carbons (Fsp3) is 0.789. The van der Waals surface area contributed by atoms with E-state index >= 15 is 0 Å². The van der Waals surface area contributed by atoms with Gasteiger partial charge in [0.1, 0.15) is 4.75 Å². The molecule has 3 aliphatic carbocycles. The highest BCUT2D eigenvalue weighted by atomic mass is 32.2. The Bertz CT molecular complexity index is 556. The summed E-state index contributed by atoms with van der Waals surface area (Å²) < 4.78 is -0.363. The Balaban J connectivity index is 1.65.